The van der Waals surface area contributed by atoms with Crippen LogP contribution in [-0.4, -0.2) is 26.5 Å². The van der Waals surface area contributed by atoms with Crippen molar-refractivity contribution in [3.8, 4) is 5.75 Å². The number of rotatable bonds is 5. The lowest BCUT2D eigenvalue weighted by molar-refractivity contribution is 0.239. The standard InChI is InChI=1S/C16H17ClFN5O/c1-8(6-24-11-5-3-4-10(18)12(11)17)9(2)15-22-13-14(19)20-7-21-16(13)23-15/h3-5,7-9H,6H2,1-2H3,(H3,19,20,21,22,23). The second-order valence-corrected chi connectivity index (χ2v) is 6.09. The van der Waals surface area contributed by atoms with Crippen molar-refractivity contribution in [2.24, 2.45) is 5.92 Å². The van der Waals surface area contributed by atoms with E-state index in [1.807, 2.05) is 13.8 Å². The van der Waals surface area contributed by atoms with Crippen molar-refractivity contribution in [3.05, 3.63) is 41.2 Å². The number of nitrogens with two attached hydrogens (primary N) is 1. The molecule has 0 spiro atoms. The predicted octanol–water partition coefficient (Wildman–Crippen LogP) is 3.55. The largest absolute Gasteiger partial charge is 0.492 e. The Labute approximate surface area is 143 Å². The Hall–Kier alpha value is -2.41. The summed E-state index contributed by atoms with van der Waals surface area (Å²) in [6, 6.07) is 4.49. The van der Waals surface area contributed by atoms with Crippen LogP contribution in [0.1, 0.15) is 25.6 Å². The first-order valence-electron chi connectivity index (χ1n) is 7.50. The Morgan fingerprint density at radius 1 is 1.33 bits per heavy atom. The van der Waals surface area contributed by atoms with Crippen LogP contribution in [0, 0.1) is 11.7 Å². The Balaban J connectivity index is 1.73. The van der Waals surface area contributed by atoms with Crippen LogP contribution < -0.4 is 10.5 Å². The number of fused-ring (bicyclic) bond motifs is 1. The fourth-order valence-electron chi connectivity index (χ4n) is 2.31. The van der Waals surface area contributed by atoms with E-state index < -0.39 is 5.82 Å². The van der Waals surface area contributed by atoms with Crippen molar-refractivity contribution in [1.29, 1.82) is 0 Å². The van der Waals surface area contributed by atoms with Gasteiger partial charge in [0.25, 0.3) is 0 Å². The van der Waals surface area contributed by atoms with Gasteiger partial charge in [0.15, 0.2) is 11.5 Å². The van der Waals surface area contributed by atoms with Crippen molar-refractivity contribution in [2.45, 2.75) is 19.8 Å². The molecule has 0 amide bonds. The Morgan fingerprint density at radius 2 is 2.12 bits per heavy atom. The lowest BCUT2D eigenvalue weighted by Gasteiger charge is -2.19. The average Bonchev–Trinajstić information content (AvgIpc) is 3.01. The Morgan fingerprint density at radius 3 is 2.88 bits per heavy atom. The predicted molar refractivity (Wildman–Crippen MR) is 90.6 cm³/mol. The Bertz CT molecular complexity index is 869. The number of anilines is 1. The number of benzene rings is 1. The molecule has 0 aliphatic rings. The third-order valence-electron chi connectivity index (χ3n) is 4.04. The molecule has 24 heavy (non-hydrogen) atoms. The van der Waals surface area contributed by atoms with E-state index in [1.165, 1.54) is 12.4 Å². The first-order valence-corrected chi connectivity index (χ1v) is 7.88. The molecule has 2 heterocycles. The summed E-state index contributed by atoms with van der Waals surface area (Å²) in [5, 5.41) is -0.0101. The van der Waals surface area contributed by atoms with Crippen LogP contribution in [0.25, 0.3) is 11.2 Å². The lowest BCUT2D eigenvalue weighted by atomic mass is 9.96. The van der Waals surface area contributed by atoms with Gasteiger partial charge in [0.1, 0.15) is 34.3 Å². The molecule has 3 aromatic rings. The van der Waals surface area contributed by atoms with Gasteiger partial charge in [-0.1, -0.05) is 31.5 Å². The molecule has 0 radical (unpaired) electrons. The van der Waals surface area contributed by atoms with Gasteiger partial charge in [-0.2, -0.15) is 0 Å². The average molecular weight is 350 g/mol. The van der Waals surface area contributed by atoms with Crippen LogP contribution in [-0.2, 0) is 0 Å². The number of nitrogen functional groups attached to an aromatic ring is 1. The molecule has 1 aromatic carbocycles. The number of aromatic amines is 1. The zero-order valence-corrected chi connectivity index (χ0v) is 14.0. The van der Waals surface area contributed by atoms with Crippen molar-refractivity contribution in [2.75, 3.05) is 12.3 Å². The van der Waals surface area contributed by atoms with E-state index >= 15 is 0 Å². The van der Waals surface area contributed by atoms with Crippen molar-refractivity contribution in [3.63, 3.8) is 0 Å². The van der Waals surface area contributed by atoms with Gasteiger partial charge < -0.3 is 15.5 Å². The van der Waals surface area contributed by atoms with Gasteiger partial charge in [0, 0.05) is 5.92 Å². The molecule has 0 fully saturated rings. The smallest absolute Gasteiger partial charge is 0.183 e. The molecule has 8 heteroatoms. The minimum atomic E-state index is -0.499. The molecular formula is C16H17ClFN5O. The molecule has 126 valence electrons. The van der Waals surface area contributed by atoms with Gasteiger partial charge in [-0.05, 0) is 18.1 Å². The first kappa shape index (κ1) is 16.4. The third kappa shape index (κ3) is 3.12. The van der Waals surface area contributed by atoms with Crippen LogP contribution in [0.2, 0.25) is 5.02 Å². The summed E-state index contributed by atoms with van der Waals surface area (Å²) in [6.45, 7) is 4.39. The zero-order valence-electron chi connectivity index (χ0n) is 13.3. The van der Waals surface area contributed by atoms with Crippen molar-refractivity contribution < 1.29 is 9.13 Å². The highest BCUT2D eigenvalue weighted by Crippen LogP contribution is 2.29. The summed E-state index contributed by atoms with van der Waals surface area (Å²) in [6.07, 6.45) is 1.38. The molecule has 0 aliphatic heterocycles. The number of nitrogens with one attached hydrogen (secondary N) is 1. The highest BCUT2D eigenvalue weighted by Gasteiger charge is 2.20. The number of H-pyrrole nitrogens is 1. The third-order valence-corrected chi connectivity index (χ3v) is 4.41. The van der Waals surface area contributed by atoms with Gasteiger partial charge in [-0.15, -0.1) is 0 Å². The molecule has 3 rings (SSSR count). The van der Waals surface area contributed by atoms with Gasteiger partial charge in [-0.25, -0.2) is 19.3 Å². The number of ether oxygens (including phenoxy) is 1. The molecule has 2 unspecified atom stereocenters. The minimum absolute atomic E-state index is 0.0101. The highest BCUT2D eigenvalue weighted by atomic mass is 35.5. The van der Waals surface area contributed by atoms with Crippen LogP contribution in [0.5, 0.6) is 5.75 Å². The number of hydrogen-bond donors (Lipinski definition) is 2. The molecule has 6 nitrogen and oxygen atoms in total. The minimum Gasteiger partial charge on any atom is -0.492 e. The first-order chi connectivity index (χ1) is 11.5. The lowest BCUT2D eigenvalue weighted by Crippen LogP contribution is -2.16. The topological polar surface area (TPSA) is 89.7 Å². The second-order valence-electron chi connectivity index (χ2n) is 5.71. The van der Waals surface area contributed by atoms with Crippen LogP contribution in [0.3, 0.4) is 0 Å². The monoisotopic (exact) mass is 349 g/mol. The van der Waals surface area contributed by atoms with Gasteiger partial charge >= 0.3 is 0 Å². The fourth-order valence-corrected chi connectivity index (χ4v) is 2.49. The maximum atomic E-state index is 13.4. The van der Waals surface area contributed by atoms with Crippen LogP contribution in [0.15, 0.2) is 24.5 Å². The van der Waals surface area contributed by atoms with E-state index in [1.54, 1.807) is 12.1 Å². The number of hydrogen-bond acceptors (Lipinski definition) is 5. The summed E-state index contributed by atoms with van der Waals surface area (Å²) in [4.78, 5) is 15.6. The van der Waals surface area contributed by atoms with E-state index in [0.29, 0.717) is 29.3 Å². The number of imidazole rings is 1. The molecule has 0 aliphatic carbocycles. The molecular weight excluding hydrogens is 333 g/mol. The normalized spacial score (nSPS) is 13.8. The number of aromatic nitrogens is 4. The van der Waals surface area contributed by atoms with Gasteiger partial charge in [0.2, 0.25) is 0 Å². The van der Waals surface area contributed by atoms with E-state index in [0.717, 1.165) is 5.82 Å². The Kier molecular flexibility index (Phi) is 4.53. The van der Waals surface area contributed by atoms with E-state index in [2.05, 4.69) is 19.9 Å². The van der Waals surface area contributed by atoms with Gasteiger partial charge in [0.05, 0.1) is 6.61 Å². The zero-order chi connectivity index (χ0) is 17.3. The molecule has 0 saturated heterocycles. The summed E-state index contributed by atoms with van der Waals surface area (Å²) in [5.41, 5.74) is 6.97. The van der Waals surface area contributed by atoms with E-state index in [-0.39, 0.29) is 16.9 Å². The summed E-state index contributed by atoms with van der Waals surface area (Å²) in [7, 11) is 0. The van der Waals surface area contributed by atoms with Crippen molar-refractivity contribution >= 4 is 28.6 Å². The highest BCUT2D eigenvalue weighted by molar-refractivity contribution is 6.32. The van der Waals surface area contributed by atoms with Crippen LogP contribution >= 0.6 is 11.6 Å². The maximum absolute atomic E-state index is 13.4. The van der Waals surface area contributed by atoms with Crippen molar-refractivity contribution in [1.82, 2.24) is 19.9 Å². The summed E-state index contributed by atoms with van der Waals surface area (Å²) >= 11 is 5.90. The quantitative estimate of drug-likeness (QED) is 0.735. The fraction of sp³-hybridized carbons (Fsp3) is 0.312. The maximum Gasteiger partial charge on any atom is 0.183 e. The summed E-state index contributed by atoms with van der Waals surface area (Å²) < 4.78 is 19.1. The van der Waals surface area contributed by atoms with E-state index in [9.17, 15) is 4.39 Å². The molecule has 2 aromatic heterocycles. The molecule has 2 atom stereocenters. The number of nitrogens with zero attached hydrogens (tertiary/aromatic N) is 3. The summed E-state index contributed by atoms with van der Waals surface area (Å²) in [5.74, 6) is 1.08. The molecule has 0 bridgehead atoms. The van der Waals surface area contributed by atoms with Gasteiger partial charge in [-0.3, -0.25) is 0 Å². The SMILES string of the molecule is CC(COc1cccc(F)c1Cl)C(C)c1nc2ncnc(N)c2[nH]1. The second kappa shape index (κ2) is 6.60. The molecule has 0 saturated carbocycles. The van der Waals surface area contributed by atoms with Crippen LogP contribution in [0.4, 0.5) is 10.2 Å². The van der Waals surface area contributed by atoms with E-state index in [4.69, 9.17) is 22.1 Å². The number of halogens is 2. The molecule has 3 N–H and O–H groups in total.